The first-order chi connectivity index (χ1) is 12.4. The van der Waals surface area contributed by atoms with Crippen LogP contribution in [0.1, 0.15) is 31.9 Å². The van der Waals surface area contributed by atoms with E-state index in [1.54, 1.807) is 43.3 Å². The van der Waals surface area contributed by atoms with Gasteiger partial charge in [-0.25, -0.2) is 8.42 Å². The molecule has 1 N–H and O–H groups in total. The van der Waals surface area contributed by atoms with Crippen LogP contribution >= 0.6 is 11.6 Å². The molecule has 146 valence electrons. The van der Waals surface area contributed by atoms with Crippen molar-refractivity contribution in [2.75, 3.05) is 18.9 Å². The summed E-state index contributed by atoms with van der Waals surface area (Å²) < 4.78 is 27.1. The van der Waals surface area contributed by atoms with Gasteiger partial charge in [-0.3, -0.25) is 4.79 Å². The number of para-hydroxylation sites is 1. The first-order valence-electron chi connectivity index (χ1n) is 8.55. The van der Waals surface area contributed by atoms with Crippen LogP contribution < -0.4 is 5.32 Å². The summed E-state index contributed by atoms with van der Waals surface area (Å²) in [6, 6.07) is 12.2. The number of nitrogens with zero attached hydrogens (tertiary/aromatic N) is 1. The minimum atomic E-state index is -3.81. The number of carbonyl (C=O) groups is 1. The third-order valence-corrected chi connectivity index (χ3v) is 6.53. The molecule has 7 heteroatoms. The average molecular weight is 409 g/mol. The Kier molecular flexibility index (Phi) is 6.35. The molecule has 0 aliphatic heterocycles. The minimum Gasteiger partial charge on any atom is -0.324 e. The number of likely N-dealkylation sites (N-methyl/N-ethyl adjacent to an activating group) is 1. The SMILES string of the molecule is Cc1ccc(C(C)(C)C)cc1S(=O)(=O)N(C)CC(=O)Nc1ccccc1Cl. The molecule has 0 radical (unpaired) electrons. The Morgan fingerprint density at radius 1 is 1.15 bits per heavy atom. The molecule has 2 rings (SSSR count). The standard InChI is InChI=1S/C20H25ClN2O3S/c1-14-10-11-15(20(2,3)4)12-18(14)27(25,26)23(5)13-19(24)22-17-9-7-6-8-16(17)21/h6-12H,13H2,1-5H3,(H,22,24). The number of benzene rings is 2. The van der Waals surface area contributed by atoms with Crippen molar-refractivity contribution in [2.24, 2.45) is 0 Å². The highest BCUT2D eigenvalue weighted by Gasteiger charge is 2.26. The van der Waals surface area contributed by atoms with Crippen LogP contribution in [-0.4, -0.2) is 32.2 Å². The van der Waals surface area contributed by atoms with Crippen LogP contribution in [0, 0.1) is 6.92 Å². The van der Waals surface area contributed by atoms with Gasteiger partial charge in [0.2, 0.25) is 15.9 Å². The minimum absolute atomic E-state index is 0.183. The summed E-state index contributed by atoms with van der Waals surface area (Å²) in [6.07, 6.45) is 0. The lowest BCUT2D eigenvalue weighted by atomic mass is 9.87. The summed E-state index contributed by atoms with van der Waals surface area (Å²) >= 11 is 6.02. The van der Waals surface area contributed by atoms with Gasteiger partial charge >= 0.3 is 0 Å². The second-order valence-corrected chi connectivity index (χ2v) is 9.94. The first kappa shape index (κ1) is 21.4. The van der Waals surface area contributed by atoms with E-state index in [0.29, 0.717) is 16.3 Å². The molecule has 0 saturated carbocycles. The number of rotatable bonds is 5. The maximum Gasteiger partial charge on any atom is 0.243 e. The van der Waals surface area contributed by atoms with E-state index in [1.165, 1.54) is 7.05 Å². The van der Waals surface area contributed by atoms with Gasteiger partial charge in [-0.1, -0.05) is 56.6 Å². The lowest BCUT2D eigenvalue weighted by molar-refractivity contribution is -0.116. The second kappa shape index (κ2) is 8.00. The number of carbonyl (C=O) groups excluding carboxylic acids is 1. The Bertz CT molecular complexity index is 950. The highest BCUT2D eigenvalue weighted by molar-refractivity contribution is 7.89. The van der Waals surface area contributed by atoms with Gasteiger partial charge in [-0.15, -0.1) is 0 Å². The monoisotopic (exact) mass is 408 g/mol. The molecule has 27 heavy (non-hydrogen) atoms. The maximum atomic E-state index is 13.0. The van der Waals surface area contributed by atoms with Crippen LogP contribution in [0.2, 0.25) is 5.02 Å². The number of amides is 1. The second-order valence-electron chi connectivity index (χ2n) is 7.52. The van der Waals surface area contributed by atoms with E-state index in [0.717, 1.165) is 9.87 Å². The summed E-state index contributed by atoms with van der Waals surface area (Å²) in [5, 5.41) is 3.03. The molecule has 0 spiro atoms. The molecule has 0 fully saturated rings. The highest BCUT2D eigenvalue weighted by atomic mass is 35.5. The van der Waals surface area contributed by atoms with Gasteiger partial charge < -0.3 is 5.32 Å². The largest absolute Gasteiger partial charge is 0.324 e. The molecule has 1 amide bonds. The molecular weight excluding hydrogens is 384 g/mol. The van der Waals surface area contributed by atoms with Crippen molar-refractivity contribution < 1.29 is 13.2 Å². The predicted octanol–water partition coefficient (Wildman–Crippen LogP) is 4.21. The quantitative estimate of drug-likeness (QED) is 0.805. The Hall–Kier alpha value is -1.89. The van der Waals surface area contributed by atoms with Crippen LogP contribution in [0.15, 0.2) is 47.4 Å². The number of hydrogen-bond acceptors (Lipinski definition) is 3. The van der Waals surface area contributed by atoms with E-state index >= 15 is 0 Å². The van der Waals surface area contributed by atoms with E-state index in [1.807, 2.05) is 26.8 Å². The molecule has 0 unspecified atom stereocenters. The molecule has 2 aromatic carbocycles. The lowest BCUT2D eigenvalue weighted by Crippen LogP contribution is -2.35. The summed E-state index contributed by atoms with van der Waals surface area (Å²) in [6.45, 7) is 7.50. The van der Waals surface area contributed by atoms with Gasteiger partial charge in [-0.2, -0.15) is 4.31 Å². The van der Waals surface area contributed by atoms with Crippen molar-refractivity contribution >= 4 is 33.2 Å². The van der Waals surface area contributed by atoms with Crippen LogP contribution in [-0.2, 0) is 20.2 Å². The van der Waals surface area contributed by atoms with Crippen LogP contribution in [0.4, 0.5) is 5.69 Å². The van der Waals surface area contributed by atoms with Crippen molar-refractivity contribution in [3.63, 3.8) is 0 Å². The van der Waals surface area contributed by atoms with Gasteiger partial charge in [0.1, 0.15) is 0 Å². The maximum absolute atomic E-state index is 13.0. The van der Waals surface area contributed by atoms with Crippen molar-refractivity contribution in [3.05, 3.63) is 58.6 Å². The predicted molar refractivity (Wildman–Crippen MR) is 110 cm³/mol. The summed E-state index contributed by atoms with van der Waals surface area (Å²) in [4.78, 5) is 12.5. The lowest BCUT2D eigenvalue weighted by Gasteiger charge is -2.23. The molecule has 0 aromatic heterocycles. The van der Waals surface area contributed by atoms with Gasteiger partial charge in [0, 0.05) is 7.05 Å². The van der Waals surface area contributed by atoms with Gasteiger partial charge in [0.15, 0.2) is 0 Å². The van der Waals surface area contributed by atoms with Gasteiger partial charge in [0.05, 0.1) is 22.2 Å². The molecule has 0 heterocycles. The van der Waals surface area contributed by atoms with E-state index in [2.05, 4.69) is 5.32 Å². The molecule has 0 bridgehead atoms. The zero-order chi connectivity index (χ0) is 20.4. The fourth-order valence-electron chi connectivity index (χ4n) is 2.55. The average Bonchev–Trinajstić information content (AvgIpc) is 2.56. The van der Waals surface area contributed by atoms with E-state index < -0.39 is 15.9 Å². The van der Waals surface area contributed by atoms with E-state index in [-0.39, 0.29) is 16.9 Å². The number of aryl methyl sites for hydroxylation is 1. The summed E-state index contributed by atoms with van der Waals surface area (Å²) in [7, 11) is -2.42. The summed E-state index contributed by atoms with van der Waals surface area (Å²) in [5.41, 5.74) is 1.82. The van der Waals surface area contributed by atoms with Crippen LogP contribution in [0.25, 0.3) is 0 Å². The number of sulfonamides is 1. The normalized spacial score (nSPS) is 12.3. The summed E-state index contributed by atoms with van der Waals surface area (Å²) in [5.74, 6) is -0.459. The number of nitrogens with one attached hydrogen (secondary N) is 1. The van der Waals surface area contributed by atoms with E-state index in [4.69, 9.17) is 11.6 Å². The van der Waals surface area contributed by atoms with Crippen molar-refractivity contribution in [1.29, 1.82) is 0 Å². The Balaban J connectivity index is 2.24. The Morgan fingerprint density at radius 2 is 1.78 bits per heavy atom. The smallest absolute Gasteiger partial charge is 0.243 e. The molecule has 0 saturated heterocycles. The molecule has 5 nitrogen and oxygen atoms in total. The van der Waals surface area contributed by atoms with Gasteiger partial charge in [-0.05, 0) is 41.7 Å². The van der Waals surface area contributed by atoms with Crippen molar-refractivity contribution in [3.8, 4) is 0 Å². The highest BCUT2D eigenvalue weighted by Crippen LogP contribution is 2.28. The number of hydrogen-bond donors (Lipinski definition) is 1. The zero-order valence-corrected chi connectivity index (χ0v) is 17.8. The third-order valence-electron chi connectivity index (χ3n) is 4.26. The topological polar surface area (TPSA) is 66.5 Å². The fraction of sp³-hybridized carbons (Fsp3) is 0.350. The first-order valence-corrected chi connectivity index (χ1v) is 10.4. The molecular formula is C20H25ClN2O3S. The third kappa shape index (κ3) is 5.09. The van der Waals surface area contributed by atoms with Crippen molar-refractivity contribution in [1.82, 2.24) is 4.31 Å². The molecule has 2 aromatic rings. The zero-order valence-electron chi connectivity index (χ0n) is 16.2. The van der Waals surface area contributed by atoms with Crippen molar-refractivity contribution in [2.45, 2.75) is 38.0 Å². The van der Waals surface area contributed by atoms with Gasteiger partial charge in [0.25, 0.3) is 0 Å². The van der Waals surface area contributed by atoms with Crippen LogP contribution in [0.3, 0.4) is 0 Å². The Morgan fingerprint density at radius 3 is 2.37 bits per heavy atom. The number of halogens is 1. The Labute approximate surface area is 166 Å². The number of anilines is 1. The van der Waals surface area contributed by atoms with Crippen LogP contribution in [0.5, 0.6) is 0 Å². The fourth-order valence-corrected chi connectivity index (χ4v) is 4.11. The molecule has 0 aliphatic carbocycles. The molecule has 0 aliphatic rings. The van der Waals surface area contributed by atoms with E-state index in [9.17, 15) is 13.2 Å². The molecule has 0 atom stereocenters.